The third kappa shape index (κ3) is 12.3. The molecule has 0 bridgehead atoms. The number of quaternary nitrogens is 1. The van der Waals surface area contributed by atoms with Crippen LogP contribution in [0.4, 0.5) is 0 Å². The maximum Gasteiger partial charge on any atom is 0.311 e. The normalized spacial score (nSPS) is 11.0. The molecule has 0 atom stereocenters. The quantitative estimate of drug-likeness (QED) is 0.579. The summed E-state index contributed by atoms with van der Waals surface area (Å²) >= 11 is 0. The molecule has 0 radical (unpaired) electrons. The number of carbonyl (C=O) groups is 2. The fourth-order valence-corrected chi connectivity index (χ4v) is 1.11. The number of hydrogen-bond donors (Lipinski definition) is 1. The predicted molar refractivity (Wildman–Crippen MR) is 88.8 cm³/mol. The third-order valence-electron chi connectivity index (χ3n) is 3.89. The molecule has 0 aromatic carbocycles. The van der Waals surface area contributed by atoms with E-state index in [9.17, 15) is 9.59 Å². The Labute approximate surface area is 148 Å². The summed E-state index contributed by atoms with van der Waals surface area (Å²) in [6.07, 6.45) is 1.64. The Morgan fingerprint density at radius 2 is 1.30 bits per heavy atom. The zero-order valence-electron chi connectivity index (χ0n) is 16.3. The Bertz CT molecular complexity index is 341. The van der Waals surface area contributed by atoms with Gasteiger partial charge in [0.05, 0.1) is 32.0 Å². The van der Waals surface area contributed by atoms with Crippen LogP contribution < -0.4 is 17.3 Å². The summed E-state index contributed by atoms with van der Waals surface area (Å²) in [6, 6.07) is 0. The van der Waals surface area contributed by atoms with E-state index in [-0.39, 0.29) is 35.2 Å². The summed E-state index contributed by atoms with van der Waals surface area (Å²) in [7, 11) is 5.50. The van der Waals surface area contributed by atoms with Crippen molar-refractivity contribution >= 4 is 11.9 Å². The number of methoxy groups -OCH3 is 1. The van der Waals surface area contributed by atoms with Gasteiger partial charge in [-0.1, -0.05) is 13.8 Å². The van der Waals surface area contributed by atoms with Gasteiger partial charge in [-0.05, 0) is 40.5 Å². The summed E-state index contributed by atoms with van der Waals surface area (Å²) < 4.78 is 9.72. The van der Waals surface area contributed by atoms with Crippen molar-refractivity contribution in [2.45, 2.75) is 54.4 Å². The predicted octanol–water partition coefficient (Wildman–Crippen LogP) is -1.29. The fourth-order valence-electron chi connectivity index (χ4n) is 1.11. The molecule has 0 fully saturated rings. The first-order valence-electron chi connectivity index (χ1n) is 7.99. The Hall–Kier alpha value is -0.810. The first kappa shape index (κ1) is 27.1. The highest BCUT2D eigenvalue weighted by Crippen LogP contribution is 2.21. The van der Waals surface area contributed by atoms with E-state index in [0.717, 1.165) is 19.4 Å². The molecule has 0 aromatic rings. The molecule has 0 rings (SSSR count). The van der Waals surface area contributed by atoms with Crippen LogP contribution in [0.5, 0.6) is 0 Å². The zero-order chi connectivity index (χ0) is 18.0. The van der Waals surface area contributed by atoms with Crippen molar-refractivity contribution in [3.05, 3.63) is 0 Å². The third-order valence-corrected chi connectivity index (χ3v) is 3.89. The van der Waals surface area contributed by atoms with E-state index in [4.69, 9.17) is 4.74 Å². The molecule has 6 heteroatoms. The van der Waals surface area contributed by atoms with E-state index in [1.165, 1.54) is 12.0 Å². The molecule has 0 heterocycles. The summed E-state index contributed by atoms with van der Waals surface area (Å²) in [5.41, 5.74) is -0.642. The van der Waals surface area contributed by atoms with Crippen molar-refractivity contribution in [2.75, 3.05) is 34.4 Å². The first-order valence-corrected chi connectivity index (χ1v) is 7.99. The van der Waals surface area contributed by atoms with E-state index in [1.54, 1.807) is 0 Å². The van der Waals surface area contributed by atoms with Crippen LogP contribution in [-0.2, 0) is 19.1 Å². The maximum atomic E-state index is 11.4. The number of ether oxygens (including phenoxy) is 2. The van der Waals surface area contributed by atoms with Gasteiger partial charge in [-0.3, -0.25) is 9.59 Å². The van der Waals surface area contributed by atoms with E-state index in [0.29, 0.717) is 6.61 Å². The summed E-state index contributed by atoms with van der Waals surface area (Å²) in [6.45, 7) is 12.9. The highest BCUT2D eigenvalue weighted by molar-refractivity contribution is 5.76. The van der Waals surface area contributed by atoms with Crippen LogP contribution in [0.25, 0.3) is 0 Å². The molecule has 23 heavy (non-hydrogen) atoms. The number of hydrogen-bond acceptors (Lipinski definition) is 4. The molecule has 1 N–H and O–H groups in total. The molecule has 0 saturated carbocycles. The van der Waals surface area contributed by atoms with Crippen molar-refractivity contribution in [2.24, 2.45) is 10.8 Å². The number of carbonyl (C=O) groups excluding carboxylic acids is 2. The lowest BCUT2D eigenvalue weighted by Gasteiger charge is -2.20. The smallest absolute Gasteiger partial charge is 0.311 e. The lowest BCUT2D eigenvalue weighted by atomic mass is 9.91. The summed E-state index contributed by atoms with van der Waals surface area (Å²) in [4.78, 5) is 23.6. The molecule has 5 nitrogen and oxygen atoms in total. The van der Waals surface area contributed by atoms with Crippen LogP contribution >= 0.6 is 0 Å². The number of nitrogens with one attached hydrogen (secondary N) is 1. The van der Waals surface area contributed by atoms with Crippen LogP contribution in [0.1, 0.15) is 54.4 Å². The van der Waals surface area contributed by atoms with Gasteiger partial charge in [-0.15, -0.1) is 0 Å². The number of esters is 2. The van der Waals surface area contributed by atoms with Crippen molar-refractivity contribution in [3.63, 3.8) is 0 Å². The molecule has 0 aliphatic rings. The lowest BCUT2D eigenvalue weighted by Crippen LogP contribution is -3.06. The minimum atomic E-state index is -0.332. The number of halogens is 1. The van der Waals surface area contributed by atoms with Gasteiger partial charge in [0, 0.05) is 0 Å². The molecule has 0 unspecified atom stereocenters. The summed E-state index contributed by atoms with van der Waals surface area (Å²) in [5, 5.41) is 0. The van der Waals surface area contributed by atoms with Gasteiger partial charge in [-0.25, -0.2) is 0 Å². The highest BCUT2D eigenvalue weighted by atomic mass is 35.5. The van der Waals surface area contributed by atoms with Crippen molar-refractivity contribution < 1.29 is 36.4 Å². The Kier molecular flexibility index (Phi) is 14.8. The first-order chi connectivity index (χ1) is 9.94. The standard InChI is InChI=1S/C10H21NO2.C7H14O2.ClH/c1-6-10(2,3)9(12)13-8-7-11(4)5;1-5-7(2,3)6(8)9-4;/h6-8H2,1-5H3;5H2,1-4H3;1H. The van der Waals surface area contributed by atoms with Gasteiger partial charge < -0.3 is 26.8 Å². The Morgan fingerprint density at radius 1 is 0.913 bits per heavy atom. The van der Waals surface area contributed by atoms with Crippen molar-refractivity contribution in [3.8, 4) is 0 Å². The van der Waals surface area contributed by atoms with Crippen LogP contribution in [0, 0.1) is 10.8 Å². The van der Waals surface area contributed by atoms with Gasteiger partial charge in [-0.2, -0.15) is 0 Å². The second-order valence-corrected chi connectivity index (χ2v) is 7.06. The van der Waals surface area contributed by atoms with Crippen molar-refractivity contribution in [1.82, 2.24) is 0 Å². The van der Waals surface area contributed by atoms with Gasteiger partial charge in [0.2, 0.25) is 0 Å². The monoisotopic (exact) mass is 353 g/mol. The van der Waals surface area contributed by atoms with E-state index in [1.807, 2.05) is 55.6 Å². The minimum absolute atomic E-state index is 0. The van der Waals surface area contributed by atoms with Gasteiger partial charge in [0.15, 0.2) is 0 Å². The Morgan fingerprint density at radius 3 is 1.57 bits per heavy atom. The summed E-state index contributed by atoms with van der Waals surface area (Å²) in [5.74, 6) is -0.221. The average molecular weight is 354 g/mol. The van der Waals surface area contributed by atoms with Crippen LogP contribution in [-0.4, -0.2) is 46.3 Å². The molecule has 0 spiro atoms. The molecular formula is C17H36ClNO4. The van der Waals surface area contributed by atoms with E-state index in [2.05, 4.69) is 4.74 Å². The lowest BCUT2D eigenvalue weighted by molar-refractivity contribution is -0.858. The number of likely N-dealkylation sites (N-methyl/N-ethyl adjacent to an activating group) is 1. The van der Waals surface area contributed by atoms with Gasteiger partial charge >= 0.3 is 11.9 Å². The van der Waals surface area contributed by atoms with E-state index < -0.39 is 0 Å². The van der Waals surface area contributed by atoms with Gasteiger partial charge in [0.1, 0.15) is 13.2 Å². The van der Waals surface area contributed by atoms with Crippen LogP contribution in [0.3, 0.4) is 0 Å². The fraction of sp³-hybridized carbons (Fsp3) is 0.882. The topological polar surface area (TPSA) is 57.0 Å². The maximum absolute atomic E-state index is 11.4. The molecule has 0 aliphatic heterocycles. The highest BCUT2D eigenvalue weighted by Gasteiger charge is 2.27. The zero-order valence-corrected chi connectivity index (χ0v) is 17.1. The van der Waals surface area contributed by atoms with Crippen molar-refractivity contribution in [1.29, 1.82) is 0 Å². The molecule has 140 valence electrons. The average Bonchev–Trinajstić information content (AvgIpc) is 2.46. The number of rotatable bonds is 7. The van der Waals surface area contributed by atoms with Crippen LogP contribution in [0.2, 0.25) is 0 Å². The van der Waals surface area contributed by atoms with Crippen LogP contribution in [0.15, 0.2) is 0 Å². The second kappa shape index (κ2) is 12.6. The minimum Gasteiger partial charge on any atom is -1.00 e. The molecular weight excluding hydrogens is 318 g/mol. The molecule has 0 saturated heterocycles. The Balaban J connectivity index is -0.000000354. The van der Waals surface area contributed by atoms with Gasteiger partial charge in [0.25, 0.3) is 0 Å². The van der Waals surface area contributed by atoms with E-state index >= 15 is 0 Å². The largest absolute Gasteiger partial charge is 1.00 e. The molecule has 0 aromatic heterocycles. The molecule has 0 aliphatic carbocycles. The SMILES string of the molecule is CCC(C)(C)C(=O)OC.CCC(C)(C)C(=O)OCC[NH+](C)C.[Cl-]. The molecule has 0 amide bonds. The second-order valence-electron chi connectivity index (χ2n) is 7.06.